The van der Waals surface area contributed by atoms with Gasteiger partial charge in [0.1, 0.15) is 0 Å². The van der Waals surface area contributed by atoms with Gasteiger partial charge in [0.15, 0.2) is 5.75 Å². The van der Waals surface area contributed by atoms with Gasteiger partial charge in [0.05, 0.1) is 27.1 Å². The zero-order valence-electron chi connectivity index (χ0n) is 11.4. The molecule has 2 nitrogen and oxygen atoms in total. The number of aryl methyl sites for hydroxylation is 1. The first-order valence-corrected chi connectivity index (χ1v) is 9.11. The third kappa shape index (κ3) is 3.19. The normalized spacial score (nSPS) is 16.9. The van der Waals surface area contributed by atoms with Crippen LogP contribution >= 0.6 is 50.5 Å². The molecule has 1 N–H and O–H groups in total. The number of thiophene rings is 1. The van der Waals surface area contributed by atoms with Crippen LogP contribution in [0.5, 0.6) is 5.75 Å². The van der Waals surface area contributed by atoms with Crippen LogP contribution in [0.1, 0.15) is 29.8 Å². The lowest BCUT2D eigenvalue weighted by atomic mass is 10.1. The first kappa shape index (κ1) is 15.5. The summed E-state index contributed by atoms with van der Waals surface area (Å²) in [7, 11) is 0. The lowest BCUT2D eigenvalue weighted by molar-refractivity contribution is 0.339. The largest absolute Gasteiger partial charge is 0.491 e. The summed E-state index contributed by atoms with van der Waals surface area (Å²) in [4.78, 5) is 1.37. The molecule has 0 saturated carbocycles. The zero-order chi connectivity index (χ0) is 15.0. The summed E-state index contributed by atoms with van der Waals surface area (Å²) in [6.45, 7) is 2.58. The van der Waals surface area contributed by atoms with E-state index in [0.717, 1.165) is 33.1 Å². The van der Waals surface area contributed by atoms with Crippen LogP contribution in [-0.4, -0.2) is 6.61 Å². The van der Waals surface area contributed by atoms with E-state index in [4.69, 9.17) is 27.9 Å². The number of rotatable bonds is 4. The first-order valence-electron chi connectivity index (χ1n) is 6.75. The molecule has 0 aliphatic heterocycles. The molecule has 1 aromatic heterocycles. The summed E-state index contributed by atoms with van der Waals surface area (Å²) >= 11 is 17.5. The number of nitrogens with one attached hydrogen (secondary N) is 1. The van der Waals surface area contributed by atoms with E-state index >= 15 is 0 Å². The smallest absolute Gasteiger partial charge is 0.156 e. The Labute approximate surface area is 146 Å². The third-order valence-electron chi connectivity index (χ3n) is 3.47. The van der Waals surface area contributed by atoms with Crippen molar-refractivity contribution < 1.29 is 4.74 Å². The summed E-state index contributed by atoms with van der Waals surface area (Å²) in [5.74, 6) is 0.802. The molecule has 1 aromatic carbocycles. The molecule has 0 spiro atoms. The second kappa shape index (κ2) is 6.37. The molecule has 0 amide bonds. The van der Waals surface area contributed by atoms with Crippen LogP contribution in [0.3, 0.4) is 0 Å². The fourth-order valence-corrected chi connectivity index (χ4v) is 4.91. The highest BCUT2D eigenvalue weighted by Crippen LogP contribution is 2.44. The minimum Gasteiger partial charge on any atom is -0.491 e. The molecular weight excluding hydrogens is 393 g/mol. The maximum atomic E-state index is 6.17. The molecule has 1 aliphatic carbocycles. The summed E-state index contributed by atoms with van der Waals surface area (Å²) < 4.78 is 7.45. The molecule has 1 aliphatic rings. The number of halogens is 3. The highest BCUT2D eigenvalue weighted by atomic mass is 79.9. The maximum Gasteiger partial charge on any atom is 0.156 e. The standard InChI is InChI=1S/C15H14BrCl2NOS/c1-2-20-15-10(16)5-8(17)6-12(15)19-11-3-4-13-9(11)7-14(18)21-13/h5-7,11,19H,2-4H2,1H3. The van der Waals surface area contributed by atoms with E-state index in [9.17, 15) is 0 Å². The Morgan fingerprint density at radius 2 is 2.19 bits per heavy atom. The maximum absolute atomic E-state index is 6.17. The van der Waals surface area contributed by atoms with Crippen molar-refractivity contribution in [2.45, 2.75) is 25.8 Å². The molecule has 0 radical (unpaired) electrons. The summed E-state index contributed by atoms with van der Waals surface area (Å²) in [6.07, 6.45) is 2.13. The molecule has 0 saturated heterocycles. The number of hydrogen-bond donors (Lipinski definition) is 1. The Hall–Kier alpha value is -0.420. The van der Waals surface area contributed by atoms with Crippen LogP contribution in [0.15, 0.2) is 22.7 Å². The van der Waals surface area contributed by atoms with Crippen molar-refractivity contribution in [3.8, 4) is 5.75 Å². The Bertz CT molecular complexity index is 674. The predicted octanol–water partition coefficient (Wildman–Crippen LogP) is 6.32. The highest BCUT2D eigenvalue weighted by Gasteiger charge is 2.26. The molecule has 6 heteroatoms. The number of ether oxygens (including phenoxy) is 1. The second-order valence-corrected chi connectivity index (χ2v) is 7.92. The zero-order valence-corrected chi connectivity index (χ0v) is 15.3. The Kier molecular flexibility index (Phi) is 4.69. The van der Waals surface area contributed by atoms with Crippen molar-refractivity contribution in [2.75, 3.05) is 11.9 Å². The first-order chi connectivity index (χ1) is 10.1. The molecule has 0 bridgehead atoms. The average Bonchev–Trinajstić information content (AvgIpc) is 2.94. The third-order valence-corrected chi connectivity index (χ3v) is 5.62. The summed E-state index contributed by atoms with van der Waals surface area (Å²) in [5, 5.41) is 4.23. The predicted molar refractivity (Wildman–Crippen MR) is 94.3 cm³/mol. The van der Waals surface area contributed by atoms with Crippen LogP contribution in [0.2, 0.25) is 9.36 Å². The van der Waals surface area contributed by atoms with Gasteiger partial charge in [0.25, 0.3) is 0 Å². The molecule has 1 unspecified atom stereocenters. The van der Waals surface area contributed by atoms with E-state index in [1.165, 1.54) is 10.4 Å². The molecule has 21 heavy (non-hydrogen) atoms. The Morgan fingerprint density at radius 3 is 2.95 bits per heavy atom. The Balaban J connectivity index is 1.91. The average molecular weight is 407 g/mol. The van der Waals surface area contributed by atoms with Crippen LogP contribution in [0.25, 0.3) is 0 Å². The van der Waals surface area contributed by atoms with E-state index in [0.29, 0.717) is 11.6 Å². The van der Waals surface area contributed by atoms with Crippen LogP contribution in [0.4, 0.5) is 5.69 Å². The fourth-order valence-electron chi connectivity index (χ4n) is 2.63. The van der Waals surface area contributed by atoms with E-state index in [1.54, 1.807) is 11.3 Å². The molecule has 2 aromatic rings. The lowest BCUT2D eigenvalue weighted by Crippen LogP contribution is -2.08. The van der Waals surface area contributed by atoms with Crippen molar-refractivity contribution in [3.63, 3.8) is 0 Å². The summed E-state index contributed by atoms with van der Waals surface area (Å²) in [6, 6.07) is 6.07. The quantitative estimate of drug-likeness (QED) is 0.641. The van der Waals surface area contributed by atoms with Crippen molar-refractivity contribution in [1.82, 2.24) is 0 Å². The molecule has 112 valence electrons. The van der Waals surface area contributed by atoms with Gasteiger partial charge in [-0.15, -0.1) is 11.3 Å². The minimum absolute atomic E-state index is 0.258. The number of anilines is 1. The van der Waals surface area contributed by atoms with Crippen LogP contribution < -0.4 is 10.1 Å². The van der Waals surface area contributed by atoms with Gasteiger partial charge >= 0.3 is 0 Å². The van der Waals surface area contributed by atoms with E-state index < -0.39 is 0 Å². The molecule has 1 heterocycles. The lowest BCUT2D eigenvalue weighted by Gasteiger charge is -2.19. The van der Waals surface area contributed by atoms with Crippen molar-refractivity contribution in [3.05, 3.63) is 42.5 Å². The topological polar surface area (TPSA) is 21.3 Å². The van der Waals surface area contributed by atoms with E-state index in [-0.39, 0.29) is 6.04 Å². The van der Waals surface area contributed by atoms with Gasteiger partial charge in [0.2, 0.25) is 0 Å². The van der Waals surface area contributed by atoms with Gasteiger partial charge in [0, 0.05) is 9.90 Å². The number of benzene rings is 1. The fraction of sp³-hybridized carbons (Fsp3) is 0.333. The number of fused-ring (bicyclic) bond motifs is 1. The van der Waals surface area contributed by atoms with Gasteiger partial charge in [-0.2, -0.15) is 0 Å². The van der Waals surface area contributed by atoms with Crippen LogP contribution in [-0.2, 0) is 6.42 Å². The van der Waals surface area contributed by atoms with Gasteiger partial charge < -0.3 is 10.1 Å². The number of hydrogen-bond acceptors (Lipinski definition) is 3. The SMILES string of the molecule is CCOc1c(Br)cc(Cl)cc1NC1CCc2sc(Cl)cc21. The highest BCUT2D eigenvalue weighted by molar-refractivity contribution is 9.10. The van der Waals surface area contributed by atoms with Crippen molar-refractivity contribution in [1.29, 1.82) is 0 Å². The summed E-state index contributed by atoms with van der Waals surface area (Å²) in [5.41, 5.74) is 2.21. The van der Waals surface area contributed by atoms with Gasteiger partial charge in [-0.3, -0.25) is 0 Å². The Morgan fingerprint density at radius 1 is 1.38 bits per heavy atom. The van der Waals surface area contributed by atoms with Gasteiger partial charge in [-0.05, 0) is 59.5 Å². The molecule has 3 rings (SSSR count). The second-order valence-electron chi connectivity index (χ2n) is 4.86. The minimum atomic E-state index is 0.258. The van der Waals surface area contributed by atoms with Crippen LogP contribution in [0, 0.1) is 0 Å². The van der Waals surface area contributed by atoms with Crippen molar-refractivity contribution >= 4 is 56.2 Å². The van der Waals surface area contributed by atoms with E-state index in [2.05, 4.69) is 27.3 Å². The van der Waals surface area contributed by atoms with Crippen molar-refractivity contribution in [2.24, 2.45) is 0 Å². The van der Waals surface area contributed by atoms with Gasteiger partial charge in [-0.1, -0.05) is 23.2 Å². The monoisotopic (exact) mass is 405 g/mol. The molecule has 0 fully saturated rings. The molecular formula is C15H14BrCl2NOS. The van der Waals surface area contributed by atoms with E-state index in [1.807, 2.05) is 19.1 Å². The van der Waals surface area contributed by atoms with Gasteiger partial charge in [-0.25, -0.2) is 0 Å². The molecule has 1 atom stereocenters.